The summed E-state index contributed by atoms with van der Waals surface area (Å²) < 4.78 is 10.6. The van der Waals surface area contributed by atoms with Gasteiger partial charge in [-0.2, -0.15) is 0 Å². The second kappa shape index (κ2) is 7.91. The molecule has 0 bridgehead atoms. The van der Waals surface area contributed by atoms with E-state index in [1.807, 2.05) is 38.1 Å². The summed E-state index contributed by atoms with van der Waals surface area (Å²) >= 11 is 0. The molecule has 1 saturated carbocycles. The smallest absolute Gasteiger partial charge is 0.308 e. The van der Waals surface area contributed by atoms with Crippen LogP contribution < -0.4 is 10.1 Å². The van der Waals surface area contributed by atoms with Gasteiger partial charge in [0.25, 0.3) is 0 Å². The van der Waals surface area contributed by atoms with Crippen LogP contribution in [0.5, 0.6) is 5.75 Å². The molecule has 0 radical (unpaired) electrons. The molecule has 21 heavy (non-hydrogen) atoms. The highest BCUT2D eigenvalue weighted by atomic mass is 16.5. The first-order chi connectivity index (χ1) is 10.2. The summed E-state index contributed by atoms with van der Waals surface area (Å²) in [4.78, 5) is 11.8. The van der Waals surface area contributed by atoms with Crippen molar-refractivity contribution in [3.05, 3.63) is 24.3 Å². The van der Waals surface area contributed by atoms with E-state index in [1.54, 1.807) is 0 Å². The Labute approximate surface area is 126 Å². The van der Waals surface area contributed by atoms with Gasteiger partial charge in [0, 0.05) is 11.7 Å². The van der Waals surface area contributed by atoms with Crippen LogP contribution >= 0.6 is 0 Å². The van der Waals surface area contributed by atoms with Crippen LogP contribution in [0.1, 0.15) is 39.5 Å². The molecule has 0 heterocycles. The summed E-state index contributed by atoms with van der Waals surface area (Å²) in [7, 11) is 0. The fourth-order valence-electron chi connectivity index (χ4n) is 2.84. The molecule has 1 aliphatic rings. The molecule has 0 aromatic heterocycles. The first-order valence-electron chi connectivity index (χ1n) is 7.89. The topological polar surface area (TPSA) is 47.6 Å². The maximum absolute atomic E-state index is 11.8. The second-order valence-corrected chi connectivity index (χ2v) is 5.41. The van der Waals surface area contributed by atoms with Crippen LogP contribution in [-0.2, 0) is 9.53 Å². The summed E-state index contributed by atoms with van der Waals surface area (Å²) in [5, 5.41) is 3.51. The molecule has 1 aromatic rings. The minimum Gasteiger partial charge on any atom is -0.494 e. The molecule has 1 aromatic carbocycles. The maximum atomic E-state index is 11.8. The van der Waals surface area contributed by atoms with Gasteiger partial charge in [0.05, 0.1) is 19.1 Å². The Hall–Kier alpha value is -1.71. The third kappa shape index (κ3) is 4.66. The molecule has 1 aliphatic carbocycles. The molecule has 0 spiro atoms. The van der Waals surface area contributed by atoms with E-state index in [0.29, 0.717) is 19.3 Å². The Bertz CT molecular complexity index is 444. The minimum atomic E-state index is -0.0457. The van der Waals surface area contributed by atoms with Gasteiger partial charge in [0.2, 0.25) is 0 Å². The Kier molecular flexibility index (Phi) is 5.90. The zero-order chi connectivity index (χ0) is 15.1. The first-order valence-corrected chi connectivity index (χ1v) is 7.89. The highest BCUT2D eigenvalue weighted by Crippen LogP contribution is 2.28. The number of carbonyl (C=O) groups excluding carboxylic acids is 1. The van der Waals surface area contributed by atoms with E-state index < -0.39 is 0 Å². The number of anilines is 1. The Morgan fingerprint density at radius 1 is 1.19 bits per heavy atom. The quantitative estimate of drug-likeness (QED) is 0.813. The average molecular weight is 291 g/mol. The van der Waals surface area contributed by atoms with Crippen molar-refractivity contribution < 1.29 is 14.3 Å². The predicted octanol–water partition coefficient (Wildman–Crippen LogP) is 3.62. The Balaban J connectivity index is 1.88. The summed E-state index contributed by atoms with van der Waals surface area (Å²) in [6, 6.07) is 8.33. The van der Waals surface area contributed by atoms with Crippen LogP contribution in [0.25, 0.3) is 0 Å². The maximum Gasteiger partial charge on any atom is 0.308 e. The monoisotopic (exact) mass is 291 g/mol. The lowest BCUT2D eigenvalue weighted by Gasteiger charge is -2.29. The number of benzene rings is 1. The molecular formula is C17H25NO3. The summed E-state index contributed by atoms with van der Waals surface area (Å²) in [5.74, 6) is 0.880. The molecule has 0 saturated heterocycles. The third-order valence-corrected chi connectivity index (χ3v) is 3.83. The minimum absolute atomic E-state index is 0.0406. The molecule has 2 rings (SSSR count). The number of esters is 1. The molecule has 116 valence electrons. The van der Waals surface area contributed by atoms with E-state index in [0.717, 1.165) is 37.1 Å². The number of hydrogen-bond donors (Lipinski definition) is 1. The van der Waals surface area contributed by atoms with Crippen LogP contribution in [0, 0.1) is 5.92 Å². The van der Waals surface area contributed by atoms with Gasteiger partial charge in [-0.1, -0.05) is 6.42 Å². The lowest BCUT2D eigenvalue weighted by Crippen LogP contribution is -2.32. The largest absolute Gasteiger partial charge is 0.494 e. The van der Waals surface area contributed by atoms with Crippen LogP contribution in [0.4, 0.5) is 5.69 Å². The van der Waals surface area contributed by atoms with E-state index in [9.17, 15) is 4.79 Å². The van der Waals surface area contributed by atoms with Gasteiger partial charge < -0.3 is 14.8 Å². The van der Waals surface area contributed by atoms with Crippen molar-refractivity contribution in [2.75, 3.05) is 18.5 Å². The van der Waals surface area contributed by atoms with E-state index in [1.165, 1.54) is 0 Å². The van der Waals surface area contributed by atoms with Crippen molar-refractivity contribution in [1.82, 2.24) is 0 Å². The average Bonchev–Trinajstić information content (AvgIpc) is 2.50. The highest BCUT2D eigenvalue weighted by Gasteiger charge is 2.28. The van der Waals surface area contributed by atoms with Gasteiger partial charge in [-0.3, -0.25) is 4.79 Å². The van der Waals surface area contributed by atoms with Gasteiger partial charge in [0.1, 0.15) is 5.75 Å². The zero-order valence-electron chi connectivity index (χ0n) is 12.9. The molecule has 0 amide bonds. The van der Waals surface area contributed by atoms with Crippen molar-refractivity contribution in [1.29, 1.82) is 0 Å². The predicted molar refractivity (Wildman–Crippen MR) is 83.6 cm³/mol. The van der Waals surface area contributed by atoms with Gasteiger partial charge >= 0.3 is 5.97 Å². The van der Waals surface area contributed by atoms with Gasteiger partial charge in [-0.15, -0.1) is 0 Å². The normalized spacial score (nSPS) is 21.6. The first kappa shape index (κ1) is 15.7. The van der Waals surface area contributed by atoms with Crippen molar-refractivity contribution in [2.24, 2.45) is 5.92 Å². The number of carbonyl (C=O) groups is 1. The molecule has 0 aliphatic heterocycles. The summed E-state index contributed by atoms with van der Waals surface area (Å²) in [6.07, 6.45) is 3.97. The Morgan fingerprint density at radius 3 is 2.62 bits per heavy atom. The number of ether oxygens (including phenoxy) is 2. The fourth-order valence-corrected chi connectivity index (χ4v) is 2.84. The Morgan fingerprint density at radius 2 is 1.95 bits per heavy atom. The van der Waals surface area contributed by atoms with Gasteiger partial charge in [-0.25, -0.2) is 0 Å². The second-order valence-electron chi connectivity index (χ2n) is 5.41. The van der Waals surface area contributed by atoms with Crippen LogP contribution in [0.2, 0.25) is 0 Å². The molecule has 1 N–H and O–H groups in total. The van der Waals surface area contributed by atoms with E-state index in [4.69, 9.17) is 9.47 Å². The van der Waals surface area contributed by atoms with Crippen molar-refractivity contribution in [3.63, 3.8) is 0 Å². The van der Waals surface area contributed by atoms with E-state index >= 15 is 0 Å². The van der Waals surface area contributed by atoms with E-state index in [-0.39, 0.29) is 11.9 Å². The molecule has 4 heteroatoms. The summed E-state index contributed by atoms with van der Waals surface area (Å²) in [6.45, 7) is 4.98. The molecule has 2 atom stereocenters. The van der Waals surface area contributed by atoms with Crippen molar-refractivity contribution in [2.45, 2.75) is 45.6 Å². The third-order valence-electron chi connectivity index (χ3n) is 3.83. The lowest BCUT2D eigenvalue weighted by molar-refractivity contribution is -0.149. The molecular weight excluding hydrogens is 266 g/mol. The van der Waals surface area contributed by atoms with Crippen molar-refractivity contribution in [3.8, 4) is 5.75 Å². The summed E-state index contributed by atoms with van der Waals surface area (Å²) in [5.41, 5.74) is 1.08. The standard InChI is InChI=1S/C17H25NO3/c1-3-20-16-10-8-14(9-11-16)18-15-7-5-6-13(12-15)17(19)21-4-2/h8-11,13,15,18H,3-7,12H2,1-2H3. The molecule has 4 nitrogen and oxygen atoms in total. The van der Waals surface area contributed by atoms with Crippen LogP contribution in [0.15, 0.2) is 24.3 Å². The molecule has 2 unspecified atom stereocenters. The molecule has 1 fully saturated rings. The van der Waals surface area contributed by atoms with Gasteiger partial charge in [0.15, 0.2) is 0 Å². The zero-order valence-corrected chi connectivity index (χ0v) is 12.9. The number of nitrogens with one attached hydrogen (secondary N) is 1. The number of hydrogen-bond acceptors (Lipinski definition) is 4. The van der Waals surface area contributed by atoms with Crippen molar-refractivity contribution >= 4 is 11.7 Å². The van der Waals surface area contributed by atoms with Crippen LogP contribution in [0.3, 0.4) is 0 Å². The fraction of sp³-hybridized carbons (Fsp3) is 0.588. The van der Waals surface area contributed by atoms with Crippen LogP contribution in [-0.4, -0.2) is 25.2 Å². The number of rotatable bonds is 6. The van der Waals surface area contributed by atoms with Gasteiger partial charge in [-0.05, 0) is 57.4 Å². The highest BCUT2D eigenvalue weighted by molar-refractivity contribution is 5.72. The lowest BCUT2D eigenvalue weighted by atomic mass is 9.85. The van der Waals surface area contributed by atoms with E-state index in [2.05, 4.69) is 5.32 Å². The SMILES string of the molecule is CCOC(=O)C1CCCC(Nc2ccc(OCC)cc2)C1.